The molecule has 11 nitrogen and oxygen atoms in total. The van der Waals surface area contributed by atoms with E-state index < -0.39 is 64.2 Å². The van der Waals surface area contributed by atoms with Gasteiger partial charge in [-0.25, -0.2) is 4.79 Å². The van der Waals surface area contributed by atoms with E-state index in [4.69, 9.17) is 23.4 Å². The molecular formula is C31H37NO10. The van der Waals surface area contributed by atoms with Crippen LogP contribution in [-0.4, -0.2) is 52.4 Å². The topological polar surface area (TPSA) is 151 Å². The molecule has 8 atom stereocenters. The number of rotatable bonds is 5. The molecule has 42 heavy (non-hydrogen) atoms. The van der Waals surface area contributed by atoms with Crippen LogP contribution in [0.2, 0.25) is 0 Å². The lowest BCUT2D eigenvalue weighted by Crippen LogP contribution is -2.71. The molecule has 2 aromatic rings. The lowest BCUT2D eigenvalue weighted by molar-refractivity contribution is -0.270. The van der Waals surface area contributed by atoms with Crippen molar-refractivity contribution in [3.63, 3.8) is 0 Å². The third-order valence-corrected chi connectivity index (χ3v) is 9.73. The van der Waals surface area contributed by atoms with Crippen molar-refractivity contribution in [2.24, 2.45) is 22.7 Å². The zero-order valence-electron chi connectivity index (χ0n) is 24.7. The number of nitrogens with zero attached hydrogens (tertiary/aromatic N) is 1. The fraction of sp³-hybridized carbons (Fsp3) is 0.581. The van der Waals surface area contributed by atoms with E-state index >= 15 is 0 Å². The monoisotopic (exact) mass is 583 g/mol. The number of carbonyl (C=O) groups excluding carboxylic acids is 3. The zero-order valence-corrected chi connectivity index (χ0v) is 24.7. The molecule has 0 spiro atoms. The van der Waals surface area contributed by atoms with Crippen LogP contribution in [0.5, 0.6) is 5.75 Å². The first-order valence-corrected chi connectivity index (χ1v) is 14.1. The fourth-order valence-corrected chi connectivity index (χ4v) is 8.04. The molecule has 0 radical (unpaired) electrons. The Bertz CT molecular complexity index is 1460. The van der Waals surface area contributed by atoms with Gasteiger partial charge in [-0.3, -0.25) is 19.4 Å². The lowest BCUT2D eigenvalue weighted by Gasteiger charge is -2.66. The van der Waals surface area contributed by atoms with Crippen molar-refractivity contribution in [3.05, 3.63) is 46.6 Å². The Hall–Kier alpha value is -3.73. The third-order valence-electron chi connectivity index (χ3n) is 9.73. The van der Waals surface area contributed by atoms with Gasteiger partial charge in [-0.2, -0.15) is 0 Å². The molecule has 3 aliphatic rings. The summed E-state index contributed by atoms with van der Waals surface area (Å²) in [6.45, 7) is 9.56. The van der Waals surface area contributed by atoms with Gasteiger partial charge in [-0.1, -0.05) is 13.8 Å². The number of carbonyl (C=O) groups is 3. The average Bonchev–Trinajstić information content (AvgIpc) is 2.90. The van der Waals surface area contributed by atoms with Gasteiger partial charge in [0.05, 0.1) is 6.10 Å². The summed E-state index contributed by atoms with van der Waals surface area (Å²) < 4.78 is 29.5. The highest BCUT2D eigenvalue weighted by atomic mass is 16.6. The smallest absolute Gasteiger partial charge is 0.345 e. The predicted molar refractivity (Wildman–Crippen MR) is 147 cm³/mol. The molecule has 1 aliphatic heterocycles. The highest BCUT2D eigenvalue weighted by Gasteiger charge is 2.70. The van der Waals surface area contributed by atoms with Crippen LogP contribution in [0.25, 0.3) is 11.3 Å². The molecule has 226 valence electrons. The van der Waals surface area contributed by atoms with Crippen molar-refractivity contribution in [1.82, 2.24) is 4.98 Å². The third kappa shape index (κ3) is 4.77. The normalized spacial score (nSPS) is 35.0. The first kappa shape index (κ1) is 29.8. The molecule has 2 aliphatic carbocycles. The molecule has 2 saturated carbocycles. The van der Waals surface area contributed by atoms with Crippen LogP contribution >= 0.6 is 0 Å². The van der Waals surface area contributed by atoms with Crippen molar-refractivity contribution in [2.75, 3.05) is 6.61 Å². The van der Waals surface area contributed by atoms with Gasteiger partial charge < -0.3 is 28.5 Å². The van der Waals surface area contributed by atoms with Gasteiger partial charge in [0.2, 0.25) is 0 Å². The maximum Gasteiger partial charge on any atom is 0.345 e. The van der Waals surface area contributed by atoms with Crippen LogP contribution in [0.1, 0.15) is 72.5 Å². The number of aliphatic hydroxyl groups is 1. The van der Waals surface area contributed by atoms with Gasteiger partial charge >= 0.3 is 23.5 Å². The predicted octanol–water partition coefficient (Wildman–Crippen LogP) is 3.76. The first-order valence-electron chi connectivity index (χ1n) is 14.1. The molecule has 1 N–H and O–H groups in total. The van der Waals surface area contributed by atoms with Crippen molar-refractivity contribution in [1.29, 1.82) is 0 Å². The first-order chi connectivity index (χ1) is 19.7. The van der Waals surface area contributed by atoms with Crippen LogP contribution < -0.4 is 10.4 Å². The molecule has 2 unspecified atom stereocenters. The summed E-state index contributed by atoms with van der Waals surface area (Å²) in [5.41, 5.74) is -3.09. The Kier molecular flexibility index (Phi) is 7.45. The Balaban J connectivity index is 1.66. The van der Waals surface area contributed by atoms with Gasteiger partial charge in [-0.15, -0.1) is 0 Å². The minimum Gasteiger partial charge on any atom is -0.482 e. The molecule has 0 bridgehead atoms. The quantitative estimate of drug-likeness (QED) is 0.405. The Morgan fingerprint density at radius 2 is 1.76 bits per heavy atom. The number of pyridine rings is 1. The van der Waals surface area contributed by atoms with Gasteiger partial charge in [0, 0.05) is 56.1 Å². The van der Waals surface area contributed by atoms with Crippen LogP contribution in [-0.2, 0) is 28.6 Å². The van der Waals surface area contributed by atoms with E-state index in [2.05, 4.69) is 4.98 Å². The van der Waals surface area contributed by atoms with E-state index in [-0.39, 0.29) is 36.0 Å². The minimum atomic E-state index is -1.34. The largest absolute Gasteiger partial charge is 0.482 e. The summed E-state index contributed by atoms with van der Waals surface area (Å²) >= 11 is 0. The van der Waals surface area contributed by atoms with Crippen molar-refractivity contribution in [2.45, 2.75) is 84.7 Å². The maximum atomic E-state index is 13.4. The standard InChI is InChI=1S/C31H37NO10/c1-16(33)38-15-30(5)22-13-24(40-18(3)35)31(6)27(29(22,4)10-9-23(30)39-17(2)34)26(36)25-21(42-31)12-20(41-28(25)37)19-8-7-11-32-14-19/h7-8,11-12,14,22-24,26-27,36H,9-10,13,15H2,1-6H3/t22?,23-,24-,26-,27?,29-,30+,31+/m0/s1. The summed E-state index contributed by atoms with van der Waals surface area (Å²) in [5.74, 6) is -2.25. The molecule has 5 rings (SSSR count). The second-order valence-electron chi connectivity index (χ2n) is 12.4. The Morgan fingerprint density at radius 3 is 2.38 bits per heavy atom. The van der Waals surface area contributed by atoms with Gasteiger partial charge in [0.1, 0.15) is 41.5 Å². The number of aliphatic hydroxyl groups excluding tert-OH is 1. The summed E-state index contributed by atoms with van der Waals surface area (Å²) in [4.78, 5) is 54.0. The maximum absolute atomic E-state index is 13.4. The number of aromatic nitrogens is 1. The number of ether oxygens (including phenoxy) is 4. The van der Waals surface area contributed by atoms with Crippen LogP contribution in [0.4, 0.5) is 0 Å². The number of esters is 3. The lowest BCUT2D eigenvalue weighted by atomic mass is 9.42. The zero-order chi connectivity index (χ0) is 30.6. The van der Waals surface area contributed by atoms with Crippen LogP contribution in [0.15, 0.2) is 39.8 Å². The highest BCUT2D eigenvalue weighted by molar-refractivity contribution is 5.67. The van der Waals surface area contributed by atoms with E-state index in [0.29, 0.717) is 18.4 Å². The van der Waals surface area contributed by atoms with E-state index in [1.165, 1.54) is 20.8 Å². The van der Waals surface area contributed by atoms with Crippen molar-refractivity contribution < 1.29 is 42.9 Å². The van der Waals surface area contributed by atoms with E-state index in [1.54, 1.807) is 37.5 Å². The minimum absolute atomic E-state index is 0.0163. The SMILES string of the molecule is CC(=O)OC[C@]1(C)C2C[C@H](OC(C)=O)[C@@]3(C)Oc4cc(-c5cccnc5)oc(=O)c4[C@H](O)C3[C@@]2(C)CC[C@@H]1OC(C)=O. The van der Waals surface area contributed by atoms with Crippen molar-refractivity contribution >= 4 is 17.9 Å². The molecule has 0 aromatic carbocycles. The molecule has 0 saturated heterocycles. The Morgan fingerprint density at radius 1 is 1.07 bits per heavy atom. The summed E-state index contributed by atoms with van der Waals surface area (Å²) in [7, 11) is 0. The van der Waals surface area contributed by atoms with Crippen molar-refractivity contribution in [3.8, 4) is 17.1 Å². The van der Waals surface area contributed by atoms with E-state index in [1.807, 2.05) is 13.8 Å². The van der Waals surface area contributed by atoms with Gasteiger partial charge in [0.25, 0.3) is 0 Å². The number of hydrogen-bond acceptors (Lipinski definition) is 11. The second-order valence-corrected chi connectivity index (χ2v) is 12.4. The van der Waals surface area contributed by atoms with Gasteiger partial charge in [-0.05, 0) is 49.7 Å². The number of hydrogen-bond donors (Lipinski definition) is 1. The molecule has 11 heteroatoms. The van der Waals surface area contributed by atoms with Crippen LogP contribution in [0, 0.1) is 22.7 Å². The molecule has 3 heterocycles. The summed E-state index contributed by atoms with van der Waals surface area (Å²) in [6, 6.07) is 5.00. The van der Waals surface area contributed by atoms with Crippen LogP contribution in [0.3, 0.4) is 0 Å². The Labute approximate surface area is 243 Å². The number of fused-ring (bicyclic) bond motifs is 4. The molecule has 2 fully saturated rings. The molecular weight excluding hydrogens is 546 g/mol. The van der Waals surface area contributed by atoms with E-state index in [0.717, 1.165) is 0 Å². The molecule has 2 aromatic heterocycles. The average molecular weight is 584 g/mol. The molecule has 0 amide bonds. The van der Waals surface area contributed by atoms with Gasteiger partial charge in [0.15, 0.2) is 0 Å². The summed E-state index contributed by atoms with van der Waals surface area (Å²) in [5, 5.41) is 12.1. The second kappa shape index (κ2) is 10.5. The summed E-state index contributed by atoms with van der Waals surface area (Å²) in [6.07, 6.45) is 1.53. The van der Waals surface area contributed by atoms with E-state index in [9.17, 15) is 24.3 Å². The highest BCUT2D eigenvalue weighted by Crippen LogP contribution is 2.67. The fourth-order valence-electron chi connectivity index (χ4n) is 8.04.